The highest BCUT2D eigenvalue weighted by Gasteiger charge is 2.53. The van der Waals surface area contributed by atoms with Gasteiger partial charge in [0.1, 0.15) is 0 Å². The smallest absolute Gasteiger partial charge is 0.255 e. The van der Waals surface area contributed by atoms with Crippen molar-refractivity contribution >= 4 is 22.8 Å². The topological polar surface area (TPSA) is 20.3 Å². The lowest BCUT2D eigenvalue weighted by molar-refractivity contribution is 0.0412. The van der Waals surface area contributed by atoms with Gasteiger partial charge in [-0.15, -0.1) is 11.3 Å². The monoisotopic (exact) mass is 323 g/mol. The van der Waals surface area contributed by atoms with Gasteiger partial charge in [0.25, 0.3) is 5.91 Å². The van der Waals surface area contributed by atoms with Crippen LogP contribution in [0.1, 0.15) is 53.6 Å². The van der Waals surface area contributed by atoms with E-state index in [-0.39, 0.29) is 17.4 Å². The quantitative estimate of drug-likeness (QED) is 0.718. The van der Waals surface area contributed by atoms with Crippen molar-refractivity contribution in [3.63, 3.8) is 0 Å². The highest BCUT2D eigenvalue weighted by Crippen LogP contribution is 2.54. The fraction of sp³-hybridized carbons (Fsp3) is 0.350. The number of rotatable bonds is 1. The van der Waals surface area contributed by atoms with E-state index in [0.717, 1.165) is 12.0 Å². The molecule has 0 bridgehead atoms. The molecule has 2 atom stereocenters. The SMILES string of the molecule is C/C=C1\c2sccc2CN2C(=O)c3ccccc3[C@]2(CC)[C@@H]1C. The molecular formula is C20H21NOS. The van der Waals surface area contributed by atoms with E-state index in [1.165, 1.54) is 21.6 Å². The first kappa shape index (κ1) is 14.7. The number of amides is 1. The molecule has 1 aromatic heterocycles. The first-order valence-electron chi connectivity index (χ1n) is 8.29. The van der Waals surface area contributed by atoms with Crippen LogP contribution in [0.4, 0.5) is 0 Å². The zero-order chi connectivity index (χ0) is 16.2. The minimum Gasteiger partial charge on any atom is -0.324 e. The number of benzene rings is 1. The third-order valence-corrected chi connectivity index (χ3v) is 6.73. The number of hydrogen-bond donors (Lipinski definition) is 0. The standard InChI is InChI=1S/C20H21NOS/c1-4-15-13(3)20(5-2)17-9-7-6-8-16(17)19(22)21(20)12-14-10-11-23-18(14)15/h4,6-11,13H,5,12H2,1-3H3/b15-4-/t13-,20+/m1/s1. The molecule has 2 aromatic rings. The molecule has 1 amide bonds. The summed E-state index contributed by atoms with van der Waals surface area (Å²) < 4.78 is 0. The molecule has 3 heterocycles. The third kappa shape index (κ3) is 1.71. The van der Waals surface area contributed by atoms with E-state index in [1.54, 1.807) is 11.3 Å². The number of allylic oxidation sites excluding steroid dienone is 1. The minimum absolute atomic E-state index is 0.184. The van der Waals surface area contributed by atoms with Gasteiger partial charge < -0.3 is 4.90 Å². The highest BCUT2D eigenvalue weighted by molar-refractivity contribution is 7.11. The van der Waals surface area contributed by atoms with Crippen molar-refractivity contribution in [2.24, 2.45) is 5.92 Å². The van der Waals surface area contributed by atoms with Gasteiger partial charge in [-0.1, -0.05) is 38.1 Å². The third-order valence-electron chi connectivity index (χ3n) is 5.72. The van der Waals surface area contributed by atoms with Crippen LogP contribution in [-0.4, -0.2) is 10.8 Å². The van der Waals surface area contributed by atoms with E-state index in [4.69, 9.17) is 0 Å². The van der Waals surface area contributed by atoms with Gasteiger partial charge in [0, 0.05) is 22.9 Å². The van der Waals surface area contributed by atoms with Crippen LogP contribution in [0.2, 0.25) is 0 Å². The van der Waals surface area contributed by atoms with Crippen molar-refractivity contribution in [1.82, 2.24) is 4.90 Å². The van der Waals surface area contributed by atoms with Gasteiger partial charge in [-0.25, -0.2) is 0 Å². The molecule has 0 radical (unpaired) electrons. The summed E-state index contributed by atoms with van der Waals surface area (Å²) in [6, 6.07) is 10.4. The molecule has 2 nitrogen and oxygen atoms in total. The molecule has 23 heavy (non-hydrogen) atoms. The molecule has 0 saturated carbocycles. The summed E-state index contributed by atoms with van der Waals surface area (Å²) in [7, 11) is 0. The van der Waals surface area contributed by atoms with Gasteiger partial charge in [-0.3, -0.25) is 4.79 Å². The van der Waals surface area contributed by atoms with Gasteiger partial charge >= 0.3 is 0 Å². The van der Waals surface area contributed by atoms with Gasteiger partial charge in [0.05, 0.1) is 5.54 Å². The average Bonchev–Trinajstić information content (AvgIpc) is 3.09. The van der Waals surface area contributed by atoms with Gasteiger partial charge in [-0.05, 0) is 47.6 Å². The van der Waals surface area contributed by atoms with Crippen LogP contribution in [-0.2, 0) is 12.1 Å². The maximum Gasteiger partial charge on any atom is 0.255 e. The summed E-state index contributed by atoms with van der Waals surface area (Å²) in [5.41, 5.74) is 4.52. The Morgan fingerprint density at radius 1 is 1.35 bits per heavy atom. The second-order valence-electron chi connectivity index (χ2n) is 6.46. The van der Waals surface area contributed by atoms with Gasteiger partial charge in [0.15, 0.2) is 0 Å². The fourth-order valence-electron chi connectivity index (χ4n) is 4.61. The summed E-state index contributed by atoms with van der Waals surface area (Å²) in [5, 5.41) is 2.15. The zero-order valence-electron chi connectivity index (χ0n) is 13.8. The molecular weight excluding hydrogens is 302 g/mol. The van der Waals surface area contributed by atoms with Crippen LogP contribution in [0.5, 0.6) is 0 Å². The van der Waals surface area contributed by atoms with Crippen LogP contribution in [0.3, 0.4) is 0 Å². The van der Waals surface area contributed by atoms with E-state index < -0.39 is 0 Å². The first-order chi connectivity index (χ1) is 11.1. The van der Waals surface area contributed by atoms with Gasteiger partial charge in [-0.2, -0.15) is 0 Å². The molecule has 0 unspecified atom stereocenters. The lowest BCUT2D eigenvalue weighted by Crippen LogP contribution is -2.46. The Balaban J connectivity index is 2.02. The molecule has 0 fully saturated rings. The normalized spacial score (nSPS) is 27.6. The molecule has 2 aliphatic rings. The predicted octanol–water partition coefficient (Wildman–Crippen LogP) is 5.06. The van der Waals surface area contributed by atoms with E-state index >= 15 is 0 Å². The van der Waals surface area contributed by atoms with Crippen molar-refractivity contribution in [2.75, 3.05) is 0 Å². The van der Waals surface area contributed by atoms with Crippen LogP contribution in [0, 0.1) is 5.92 Å². The lowest BCUT2D eigenvalue weighted by atomic mass is 9.73. The zero-order valence-corrected chi connectivity index (χ0v) is 14.6. The average molecular weight is 323 g/mol. The van der Waals surface area contributed by atoms with Crippen molar-refractivity contribution in [3.8, 4) is 0 Å². The second kappa shape index (κ2) is 5.07. The Morgan fingerprint density at radius 3 is 2.87 bits per heavy atom. The Bertz CT molecular complexity index is 819. The number of nitrogens with zero attached hydrogens (tertiary/aromatic N) is 1. The molecule has 0 aliphatic carbocycles. The lowest BCUT2D eigenvalue weighted by Gasteiger charge is -2.42. The molecule has 0 spiro atoms. The maximum absolute atomic E-state index is 13.1. The number of carbonyl (C=O) groups is 1. The van der Waals surface area contributed by atoms with Crippen LogP contribution in [0.25, 0.3) is 5.57 Å². The van der Waals surface area contributed by atoms with Crippen molar-refractivity contribution in [1.29, 1.82) is 0 Å². The number of hydrogen-bond acceptors (Lipinski definition) is 2. The Labute approximate surface area is 141 Å². The molecule has 0 N–H and O–H groups in total. The van der Waals surface area contributed by atoms with Crippen molar-refractivity contribution in [2.45, 2.75) is 39.3 Å². The van der Waals surface area contributed by atoms with E-state index in [2.05, 4.69) is 55.3 Å². The van der Waals surface area contributed by atoms with Crippen LogP contribution >= 0.6 is 11.3 Å². The molecule has 4 rings (SSSR count). The predicted molar refractivity (Wildman–Crippen MR) is 95.4 cm³/mol. The van der Waals surface area contributed by atoms with Crippen LogP contribution in [0.15, 0.2) is 41.8 Å². The number of thiophene rings is 1. The van der Waals surface area contributed by atoms with E-state index in [1.807, 2.05) is 12.1 Å². The Hall–Kier alpha value is -1.87. The molecule has 0 saturated heterocycles. The second-order valence-corrected chi connectivity index (χ2v) is 7.37. The summed E-state index contributed by atoms with van der Waals surface area (Å²) in [6.07, 6.45) is 3.18. The highest BCUT2D eigenvalue weighted by atomic mass is 32.1. The number of carbonyl (C=O) groups excluding carboxylic acids is 1. The summed E-state index contributed by atoms with van der Waals surface area (Å²) >= 11 is 1.80. The van der Waals surface area contributed by atoms with E-state index in [0.29, 0.717) is 6.54 Å². The molecule has 3 heteroatoms. The van der Waals surface area contributed by atoms with Crippen molar-refractivity contribution in [3.05, 3.63) is 63.4 Å². The Morgan fingerprint density at radius 2 is 2.13 bits per heavy atom. The maximum atomic E-state index is 13.1. The van der Waals surface area contributed by atoms with Gasteiger partial charge in [0.2, 0.25) is 0 Å². The molecule has 2 aliphatic heterocycles. The van der Waals surface area contributed by atoms with E-state index in [9.17, 15) is 4.79 Å². The minimum atomic E-state index is -0.228. The molecule has 118 valence electrons. The molecule has 1 aromatic carbocycles. The first-order valence-corrected chi connectivity index (χ1v) is 9.17. The summed E-state index contributed by atoms with van der Waals surface area (Å²) in [5.74, 6) is 0.466. The Kier molecular flexibility index (Phi) is 3.24. The van der Waals surface area contributed by atoms with Crippen molar-refractivity contribution < 1.29 is 4.79 Å². The fourth-order valence-corrected chi connectivity index (χ4v) is 5.69. The summed E-state index contributed by atoms with van der Waals surface area (Å²) in [4.78, 5) is 16.6. The van der Waals surface area contributed by atoms with Crippen LogP contribution < -0.4 is 0 Å². The summed E-state index contributed by atoms with van der Waals surface area (Å²) in [6.45, 7) is 7.33. The largest absolute Gasteiger partial charge is 0.324 e. The number of fused-ring (bicyclic) bond motifs is 4.